The van der Waals surface area contributed by atoms with Gasteiger partial charge in [0.2, 0.25) is 0 Å². The molecule has 0 N–H and O–H groups in total. The lowest BCUT2D eigenvalue weighted by atomic mass is 9.96. The highest BCUT2D eigenvalue weighted by Gasteiger charge is 2.27. The number of anilines is 3. The third kappa shape index (κ3) is 5.33. The number of hydrogen-bond donors (Lipinski definition) is 0. The zero-order valence-corrected chi connectivity index (χ0v) is 31.8. The first kappa shape index (κ1) is 33.2. The second-order valence-corrected chi connectivity index (χ2v) is 15.0. The topological polar surface area (TPSA) is 43.2 Å². The molecule has 0 unspecified atom stereocenters. The first-order valence-electron chi connectivity index (χ1n) is 19.9. The second-order valence-electron chi connectivity index (χ2n) is 15.0. The lowest BCUT2D eigenvalue weighted by Gasteiger charge is -2.33. The summed E-state index contributed by atoms with van der Waals surface area (Å²) in [6.07, 6.45) is 0. The molecule has 11 aromatic rings. The van der Waals surface area contributed by atoms with Gasteiger partial charge in [0.05, 0.1) is 33.6 Å². The van der Waals surface area contributed by atoms with Gasteiger partial charge in [-0.3, -0.25) is 0 Å². The molecule has 2 aromatic heterocycles. The van der Waals surface area contributed by atoms with Crippen LogP contribution >= 0.6 is 0 Å². The number of benzene rings is 9. The van der Waals surface area contributed by atoms with E-state index >= 15 is 0 Å². The van der Waals surface area contributed by atoms with E-state index in [9.17, 15) is 0 Å². The van der Waals surface area contributed by atoms with Crippen molar-refractivity contribution in [3.05, 3.63) is 206 Å². The van der Waals surface area contributed by atoms with Crippen LogP contribution in [0.4, 0.5) is 17.1 Å². The molecule has 0 fully saturated rings. The molecule has 0 spiro atoms. The highest BCUT2D eigenvalue weighted by Crippen LogP contribution is 2.52. The number of ether oxygens (including phenoxy) is 1. The molecule has 276 valence electrons. The largest absolute Gasteiger partial charge is 0.453 e. The molecule has 0 saturated carbocycles. The Morgan fingerprint density at radius 2 is 1.10 bits per heavy atom. The maximum absolute atomic E-state index is 6.68. The van der Waals surface area contributed by atoms with Crippen molar-refractivity contribution in [1.82, 2.24) is 14.5 Å². The van der Waals surface area contributed by atoms with Crippen molar-refractivity contribution in [1.29, 1.82) is 0 Å². The highest BCUT2D eigenvalue weighted by molar-refractivity contribution is 6.25. The van der Waals surface area contributed by atoms with E-state index in [4.69, 9.17) is 14.7 Å². The summed E-state index contributed by atoms with van der Waals surface area (Å²) in [5, 5.41) is 5.88. The fourth-order valence-electron chi connectivity index (χ4n) is 8.91. The van der Waals surface area contributed by atoms with Gasteiger partial charge in [0.25, 0.3) is 0 Å². The summed E-state index contributed by atoms with van der Waals surface area (Å²) in [5.41, 5.74) is 12.6. The quantitative estimate of drug-likeness (QED) is 0.175. The maximum Gasteiger partial charge on any atom is 0.160 e. The van der Waals surface area contributed by atoms with Crippen LogP contribution < -0.4 is 9.64 Å². The third-order valence-corrected chi connectivity index (χ3v) is 11.6. The Kier molecular flexibility index (Phi) is 7.47. The van der Waals surface area contributed by atoms with E-state index in [0.29, 0.717) is 5.82 Å². The van der Waals surface area contributed by atoms with Gasteiger partial charge < -0.3 is 14.2 Å². The minimum Gasteiger partial charge on any atom is -0.453 e. The molecule has 0 aliphatic carbocycles. The molecule has 0 saturated heterocycles. The molecule has 3 heterocycles. The van der Waals surface area contributed by atoms with Gasteiger partial charge in [-0.15, -0.1) is 0 Å². The number of nitrogens with zero attached hydrogens (tertiary/aromatic N) is 4. The van der Waals surface area contributed by atoms with Crippen LogP contribution in [-0.4, -0.2) is 14.5 Å². The molecule has 12 rings (SSSR count). The van der Waals surface area contributed by atoms with E-state index in [2.05, 4.69) is 185 Å². The fraction of sp³-hybridized carbons (Fsp3) is 0. The predicted molar refractivity (Wildman–Crippen MR) is 242 cm³/mol. The third-order valence-electron chi connectivity index (χ3n) is 11.6. The number of hydrogen-bond acceptors (Lipinski definition) is 4. The van der Waals surface area contributed by atoms with Gasteiger partial charge in [0, 0.05) is 38.7 Å². The lowest BCUT2D eigenvalue weighted by Crippen LogP contribution is -2.15. The van der Waals surface area contributed by atoms with Gasteiger partial charge >= 0.3 is 0 Å². The summed E-state index contributed by atoms with van der Waals surface area (Å²) in [4.78, 5) is 12.5. The van der Waals surface area contributed by atoms with Crippen molar-refractivity contribution < 1.29 is 4.74 Å². The van der Waals surface area contributed by atoms with E-state index in [1.807, 2.05) is 30.3 Å². The molecule has 0 amide bonds. The van der Waals surface area contributed by atoms with Crippen LogP contribution in [0.15, 0.2) is 206 Å². The molecular weight excluding hydrogens is 721 g/mol. The summed E-state index contributed by atoms with van der Waals surface area (Å²) in [6, 6.07) is 72.5. The van der Waals surface area contributed by atoms with Gasteiger partial charge in [-0.25, -0.2) is 9.97 Å². The van der Waals surface area contributed by atoms with Gasteiger partial charge in [-0.1, -0.05) is 127 Å². The summed E-state index contributed by atoms with van der Waals surface area (Å²) >= 11 is 0. The van der Waals surface area contributed by atoms with Gasteiger partial charge in [0.1, 0.15) is 0 Å². The molecule has 0 bridgehead atoms. The van der Waals surface area contributed by atoms with E-state index < -0.39 is 0 Å². The number of aromatic nitrogens is 3. The van der Waals surface area contributed by atoms with Crippen LogP contribution in [0.2, 0.25) is 0 Å². The van der Waals surface area contributed by atoms with Crippen molar-refractivity contribution in [3.63, 3.8) is 0 Å². The standard InChI is InChI=1S/C54H34N4O/c1-3-15-36(16-4-1)53-43-20-9-10-22-44(43)55-54(56-53)37-26-30-40(31-27-37)58-47-24-13-21-42(52(47)51-41-19-8-7-14-35(41)28-33-48(51)58)38-29-32-46-50(34-38)59-49-25-12-11-23-45(49)57(46)39-17-5-2-6-18-39/h1-34H. The van der Waals surface area contributed by atoms with Crippen molar-refractivity contribution in [2.75, 3.05) is 4.90 Å². The number of fused-ring (bicyclic) bond motifs is 8. The monoisotopic (exact) mass is 754 g/mol. The summed E-state index contributed by atoms with van der Waals surface area (Å²) in [6.45, 7) is 0. The smallest absolute Gasteiger partial charge is 0.160 e. The van der Waals surface area contributed by atoms with Crippen LogP contribution in [-0.2, 0) is 0 Å². The Morgan fingerprint density at radius 1 is 0.407 bits per heavy atom. The highest BCUT2D eigenvalue weighted by atomic mass is 16.5. The average molecular weight is 755 g/mol. The van der Waals surface area contributed by atoms with Gasteiger partial charge in [0.15, 0.2) is 17.3 Å². The second kappa shape index (κ2) is 13.3. The van der Waals surface area contributed by atoms with Crippen LogP contribution in [0, 0.1) is 0 Å². The molecule has 5 nitrogen and oxygen atoms in total. The van der Waals surface area contributed by atoms with Crippen LogP contribution in [0.5, 0.6) is 11.5 Å². The Balaban J connectivity index is 1.03. The van der Waals surface area contributed by atoms with Crippen molar-refractivity contribution in [3.8, 4) is 51.0 Å². The van der Waals surface area contributed by atoms with Crippen molar-refractivity contribution in [2.24, 2.45) is 0 Å². The van der Waals surface area contributed by atoms with Gasteiger partial charge in [-0.2, -0.15) is 0 Å². The van der Waals surface area contributed by atoms with Crippen LogP contribution in [0.25, 0.3) is 82.9 Å². The predicted octanol–water partition coefficient (Wildman–Crippen LogP) is 14.5. The molecule has 5 heteroatoms. The Bertz CT molecular complexity index is 3410. The normalized spacial score (nSPS) is 12.2. The molecule has 59 heavy (non-hydrogen) atoms. The van der Waals surface area contributed by atoms with E-state index in [1.54, 1.807) is 0 Å². The maximum atomic E-state index is 6.68. The fourth-order valence-corrected chi connectivity index (χ4v) is 8.91. The SMILES string of the molecule is c1ccc(-c2nc(-c3ccc(-n4c5cccc(-c6ccc7c(c6)Oc6ccccc6N7c6ccccc6)c5c5c6ccccc6ccc54)cc3)nc3ccccc23)cc1. The minimum absolute atomic E-state index is 0.702. The summed E-state index contributed by atoms with van der Waals surface area (Å²) < 4.78 is 9.07. The van der Waals surface area contributed by atoms with Crippen LogP contribution in [0.1, 0.15) is 0 Å². The first-order chi connectivity index (χ1) is 29.3. The zero-order valence-electron chi connectivity index (χ0n) is 31.8. The number of rotatable bonds is 5. The molecule has 0 radical (unpaired) electrons. The molecular formula is C54H34N4O. The molecule has 1 aliphatic heterocycles. The Labute approximate surface area is 340 Å². The van der Waals surface area contributed by atoms with Crippen LogP contribution in [0.3, 0.4) is 0 Å². The first-order valence-corrected chi connectivity index (χ1v) is 19.9. The summed E-state index contributed by atoms with van der Waals surface area (Å²) in [5.74, 6) is 2.35. The van der Waals surface area contributed by atoms with E-state index in [-0.39, 0.29) is 0 Å². The minimum atomic E-state index is 0.702. The Morgan fingerprint density at radius 3 is 1.97 bits per heavy atom. The van der Waals surface area contributed by atoms with Crippen molar-refractivity contribution >= 4 is 60.5 Å². The van der Waals surface area contributed by atoms with Crippen molar-refractivity contribution in [2.45, 2.75) is 0 Å². The van der Waals surface area contributed by atoms with Gasteiger partial charge in [-0.05, 0) is 101 Å². The summed E-state index contributed by atoms with van der Waals surface area (Å²) in [7, 11) is 0. The molecule has 0 atom stereocenters. The number of para-hydroxylation sites is 4. The molecule has 9 aromatic carbocycles. The molecule has 1 aliphatic rings. The van der Waals surface area contributed by atoms with E-state index in [1.165, 1.54) is 21.5 Å². The average Bonchev–Trinajstić information content (AvgIpc) is 3.66. The lowest BCUT2D eigenvalue weighted by molar-refractivity contribution is 0.477. The zero-order chi connectivity index (χ0) is 38.9. The Hall–Kier alpha value is -8.02. The van der Waals surface area contributed by atoms with E-state index in [0.717, 1.165) is 84.1 Å².